The Morgan fingerprint density at radius 2 is 1.52 bits per heavy atom. The third-order valence-corrected chi connectivity index (χ3v) is 4.56. The molecule has 1 saturated carbocycles. The van der Waals surface area contributed by atoms with Crippen LogP contribution in [0.2, 0.25) is 5.02 Å². The Labute approximate surface area is 174 Å². The maximum atomic E-state index is 12.0. The van der Waals surface area contributed by atoms with E-state index in [9.17, 15) is 14.4 Å². The van der Waals surface area contributed by atoms with Gasteiger partial charge in [0.05, 0.1) is 0 Å². The second kappa shape index (κ2) is 9.93. The van der Waals surface area contributed by atoms with Crippen LogP contribution in [0.1, 0.15) is 36.0 Å². The van der Waals surface area contributed by atoms with Gasteiger partial charge in [0, 0.05) is 41.0 Å². The van der Waals surface area contributed by atoms with Crippen molar-refractivity contribution in [2.45, 2.75) is 31.7 Å². The molecule has 2 aromatic rings. The lowest BCUT2D eigenvalue weighted by molar-refractivity contribution is -0.116. The highest BCUT2D eigenvalue weighted by atomic mass is 35.5. The molecule has 29 heavy (non-hydrogen) atoms. The summed E-state index contributed by atoms with van der Waals surface area (Å²) in [6.45, 7) is 0.397. The molecular weight excluding hydrogens is 392 g/mol. The smallest absolute Gasteiger partial charge is 0.319 e. The second-order valence-corrected chi connectivity index (χ2v) is 7.30. The summed E-state index contributed by atoms with van der Waals surface area (Å²) in [5.74, 6) is -0.339. The van der Waals surface area contributed by atoms with Crippen LogP contribution in [0.5, 0.6) is 0 Å². The van der Waals surface area contributed by atoms with E-state index in [1.807, 2.05) is 0 Å². The molecule has 4 amide bonds. The molecule has 0 bridgehead atoms. The van der Waals surface area contributed by atoms with Crippen molar-refractivity contribution in [2.75, 3.05) is 17.2 Å². The Kier molecular flexibility index (Phi) is 7.08. The first-order chi connectivity index (χ1) is 14.0. The van der Waals surface area contributed by atoms with Crippen LogP contribution in [-0.2, 0) is 4.79 Å². The van der Waals surface area contributed by atoms with E-state index in [0.29, 0.717) is 41.0 Å². The van der Waals surface area contributed by atoms with Crippen molar-refractivity contribution >= 4 is 40.8 Å². The number of carbonyl (C=O) groups excluding carboxylic acids is 3. The Morgan fingerprint density at radius 1 is 0.897 bits per heavy atom. The summed E-state index contributed by atoms with van der Waals surface area (Å²) in [7, 11) is 0. The lowest BCUT2D eigenvalue weighted by Crippen LogP contribution is -2.30. The van der Waals surface area contributed by atoms with Gasteiger partial charge in [-0.2, -0.15) is 0 Å². The van der Waals surface area contributed by atoms with Gasteiger partial charge in [0.15, 0.2) is 0 Å². The Balaban J connectivity index is 1.34. The Hall–Kier alpha value is -3.06. The van der Waals surface area contributed by atoms with Gasteiger partial charge in [-0.1, -0.05) is 11.6 Å². The molecule has 0 aromatic heterocycles. The fourth-order valence-corrected chi connectivity index (χ4v) is 2.72. The lowest BCUT2D eigenvalue weighted by Gasteiger charge is -2.09. The fraction of sp³-hybridized carbons (Fsp3) is 0.286. The molecule has 0 heterocycles. The lowest BCUT2D eigenvalue weighted by atomic mass is 10.2. The summed E-state index contributed by atoms with van der Waals surface area (Å²) in [6, 6.07) is 13.6. The van der Waals surface area contributed by atoms with Crippen LogP contribution in [0.15, 0.2) is 48.5 Å². The largest absolute Gasteiger partial charge is 0.352 e. The predicted molar refractivity (Wildman–Crippen MR) is 113 cm³/mol. The molecule has 2 aromatic carbocycles. The molecule has 1 aliphatic rings. The summed E-state index contributed by atoms with van der Waals surface area (Å²) in [5, 5.41) is 11.7. The van der Waals surface area contributed by atoms with E-state index in [1.165, 1.54) is 0 Å². The minimum atomic E-state index is -0.218. The number of amides is 4. The molecule has 4 N–H and O–H groups in total. The zero-order valence-electron chi connectivity index (χ0n) is 15.8. The summed E-state index contributed by atoms with van der Waals surface area (Å²) in [6.07, 6.45) is 2.86. The SMILES string of the molecule is O=C(CCCNC(=O)c1ccc(Cl)cc1)Nc1ccc(NC(=O)NC2CC2)cc1. The average molecular weight is 415 g/mol. The predicted octanol–water partition coefficient (Wildman–Crippen LogP) is 3.77. The van der Waals surface area contributed by atoms with E-state index < -0.39 is 0 Å². The van der Waals surface area contributed by atoms with Gasteiger partial charge in [-0.05, 0) is 67.8 Å². The number of nitrogens with one attached hydrogen (secondary N) is 4. The molecule has 0 atom stereocenters. The molecule has 152 valence electrons. The number of urea groups is 1. The number of carbonyl (C=O) groups is 3. The van der Waals surface area contributed by atoms with Crippen molar-refractivity contribution in [3.8, 4) is 0 Å². The molecule has 0 spiro atoms. The van der Waals surface area contributed by atoms with Crippen LogP contribution in [0.25, 0.3) is 0 Å². The molecule has 1 aliphatic carbocycles. The topological polar surface area (TPSA) is 99.3 Å². The van der Waals surface area contributed by atoms with Gasteiger partial charge in [-0.3, -0.25) is 9.59 Å². The molecular formula is C21H23ClN4O3. The van der Waals surface area contributed by atoms with Crippen molar-refractivity contribution in [2.24, 2.45) is 0 Å². The molecule has 8 heteroatoms. The number of hydrogen-bond acceptors (Lipinski definition) is 3. The monoisotopic (exact) mass is 414 g/mol. The van der Waals surface area contributed by atoms with Crippen LogP contribution in [-0.4, -0.2) is 30.4 Å². The van der Waals surface area contributed by atoms with Crippen LogP contribution in [0, 0.1) is 0 Å². The van der Waals surface area contributed by atoms with Crippen molar-refractivity contribution in [1.82, 2.24) is 10.6 Å². The molecule has 0 radical (unpaired) electrons. The summed E-state index contributed by atoms with van der Waals surface area (Å²) >= 11 is 5.80. The number of benzene rings is 2. The highest BCUT2D eigenvalue weighted by molar-refractivity contribution is 6.30. The summed E-state index contributed by atoms with van der Waals surface area (Å²) in [5.41, 5.74) is 1.83. The minimum Gasteiger partial charge on any atom is -0.352 e. The van der Waals surface area contributed by atoms with Gasteiger partial charge in [-0.15, -0.1) is 0 Å². The molecule has 0 saturated heterocycles. The second-order valence-electron chi connectivity index (χ2n) is 6.86. The highest BCUT2D eigenvalue weighted by Crippen LogP contribution is 2.19. The van der Waals surface area contributed by atoms with Gasteiger partial charge in [-0.25, -0.2) is 4.79 Å². The quantitative estimate of drug-likeness (QED) is 0.495. The number of anilines is 2. The number of halogens is 1. The molecule has 3 rings (SSSR count). The average Bonchev–Trinajstić information content (AvgIpc) is 3.51. The zero-order valence-corrected chi connectivity index (χ0v) is 16.6. The van der Waals surface area contributed by atoms with Gasteiger partial charge in [0.2, 0.25) is 5.91 Å². The van der Waals surface area contributed by atoms with E-state index in [1.54, 1.807) is 48.5 Å². The van der Waals surface area contributed by atoms with Crippen molar-refractivity contribution < 1.29 is 14.4 Å². The van der Waals surface area contributed by atoms with Crippen LogP contribution in [0.4, 0.5) is 16.2 Å². The van der Waals surface area contributed by atoms with Gasteiger partial charge in [0.1, 0.15) is 0 Å². The maximum Gasteiger partial charge on any atom is 0.319 e. The van der Waals surface area contributed by atoms with E-state index in [4.69, 9.17) is 11.6 Å². The number of hydrogen-bond donors (Lipinski definition) is 4. The zero-order chi connectivity index (χ0) is 20.6. The van der Waals surface area contributed by atoms with E-state index >= 15 is 0 Å². The third kappa shape index (κ3) is 7.12. The molecule has 1 fully saturated rings. The highest BCUT2D eigenvalue weighted by Gasteiger charge is 2.23. The van der Waals surface area contributed by atoms with E-state index in [-0.39, 0.29) is 24.3 Å². The number of rotatable bonds is 8. The van der Waals surface area contributed by atoms with Crippen molar-refractivity contribution in [3.63, 3.8) is 0 Å². The van der Waals surface area contributed by atoms with Crippen molar-refractivity contribution in [1.29, 1.82) is 0 Å². The minimum absolute atomic E-state index is 0.141. The standard InChI is InChI=1S/C21H23ClN4O3/c22-15-5-3-14(4-6-15)20(28)23-13-1-2-19(27)24-16-7-9-17(10-8-16)25-21(29)26-18-11-12-18/h3-10,18H,1-2,11-13H2,(H,23,28)(H,24,27)(H2,25,26,29). The van der Waals surface area contributed by atoms with Crippen LogP contribution < -0.4 is 21.3 Å². The Bertz CT molecular complexity index is 864. The van der Waals surface area contributed by atoms with Crippen molar-refractivity contribution in [3.05, 3.63) is 59.1 Å². The molecule has 0 unspecified atom stereocenters. The van der Waals surface area contributed by atoms with Crippen LogP contribution >= 0.6 is 11.6 Å². The van der Waals surface area contributed by atoms with Gasteiger partial charge < -0.3 is 21.3 Å². The van der Waals surface area contributed by atoms with E-state index in [0.717, 1.165) is 12.8 Å². The molecule has 7 nitrogen and oxygen atoms in total. The normalized spacial score (nSPS) is 12.7. The first-order valence-electron chi connectivity index (χ1n) is 9.51. The summed E-state index contributed by atoms with van der Waals surface area (Å²) < 4.78 is 0. The first kappa shape index (κ1) is 20.7. The molecule has 0 aliphatic heterocycles. The Morgan fingerprint density at radius 3 is 2.14 bits per heavy atom. The fourth-order valence-electron chi connectivity index (χ4n) is 2.59. The third-order valence-electron chi connectivity index (χ3n) is 4.31. The maximum absolute atomic E-state index is 12.0. The van der Waals surface area contributed by atoms with Gasteiger partial charge >= 0.3 is 6.03 Å². The summed E-state index contributed by atoms with van der Waals surface area (Å²) in [4.78, 5) is 35.7. The van der Waals surface area contributed by atoms with E-state index in [2.05, 4.69) is 21.3 Å². The first-order valence-corrected chi connectivity index (χ1v) is 9.88. The van der Waals surface area contributed by atoms with Gasteiger partial charge in [0.25, 0.3) is 5.91 Å². The van der Waals surface area contributed by atoms with Crippen LogP contribution in [0.3, 0.4) is 0 Å².